The van der Waals surface area contributed by atoms with Gasteiger partial charge in [0.15, 0.2) is 5.75 Å². The quantitative estimate of drug-likeness (QED) is 0.290. The SMILES string of the molecule is Nc1ccc(C(=O)Oc2ccc(C(=O)O)cc2N)cc1O. The summed E-state index contributed by atoms with van der Waals surface area (Å²) in [6, 6.07) is 7.66. The third-order valence-corrected chi connectivity index (χ3v) is 2.73. The highest BCUT2D eigenvalue weighted by Gasteiger charge is 2.14. The number of phenolic OH excluding ortho intramolecular Hbond substituents is 1. The van der Waals surface area contributed by atoms with Crippen LogP contribution in [0.3, 0.4) is 0 Å². The molecule has 0 radical (unpaired) electrons. The van der Waals surface area contributed by atoms with Crippen LogP contribution in [0.15, 0.2) is 36.4 Å². The fraction of sp³-hybridized carbons (Fsp3) is 0. The van der Waals surface area contributed by atoms with Gasteiger partial charge in [-0.25, -0.2) is 9.59 Å². The number of aromatic carboxylic acids is 1. The van der Waals surface area contributed by atoms with Crippen molar-refractivity contribution in [3.63, 3.8) is 0 Å². The van der Waals surface area contributed by atoms with Crippen LogP contribution in [-0.4, -0.2) is 22.2 Å². The average Bonchev–Trinajstić information content (AvgIpc) is 2.43. The zero-order valence-corrected chi connectivity index (χ0v) is 10.7. The number of nitrogen functional groups attached to an aromatic ring is 2. The fourth-order valence-electron chi connectivity index (χ4n) is 1.60. The van der Waals surface area contributed by atoms with E-state index in [0.29, 0.717) is 0 Å². The van der Waals surface area contributed by atoms with Gasteiger partial charge in [0.05, 0.1) is 22.5 Å². The molecule has 6 N–H and O–H groups in total. The summed E-state index contributed by atoms with van der Waals surface area (Å²) in [7, 11) is 0. The number of hydrogen-bond acceptors (Lipinski definition) is 6. The number of carbonyl (C=O) groups is 2. The summed E-state index contributed by atoms with van der Waals surface area (Å²) in [5, 5.41) is 18.3. The van der Waals surface area contributed by atoms with E-state index in [1.807, 2.05) is 0 Å². The number of carboxylic acid groups (broad SMARTS) is 1. The summed E-state index contributed by atoms with van der Waals surface area (Å²) in [5.41, 5.74) is 11.3. The molecule has 2 aromatic rings. The third-order valence-electron chi connectivity index (χ3n) is 2.73. The first-order valence-corrected chi connectivity index (χ1v) is 5.82. The van der Waals surface area contributed by atoms with Gasteiger partial charge in [-0.3, -0.25) is 0 Å². The van der Waals surface area contributed by atoms with Crippen LogP contribution in [-0.2, 0) is 0 Å². The molecule has 2 rings (SSSR count). The highest BCUT2D eigenvalue weighted by Crippen LogP contribution is 2.25. The van der Waals surface area contributed by atoms with Gasteiger partial charge in [-0.1, -0.05) is 0 Å². The van der Waals surface area contributed by atoms with E-state index in [2.05, 4.69) is 0 Å². The molecule has 0 fully saturated rings. The Hall–Kier alpha value is -3.22. The molecule has 0 amide bonds. The lowest BCUT2D eigenvalue weighted by Crippen LogP contribution is -2.10. The van der Waals surface area contributed by atoms with Gasteiger partial charge in [0.2, 0.25) is 0 Å². The minimum absolute atomic E-state index is 0.0163. The molecule has 0 aliphatic carbocycles. The van der Waals surface area contributed by atoms with Crippen molar-refractivity contribution >= 4 is 23.3 Å². The minimum Gasteiger partial charge on any atom is -0.506 e. The fourth-order valence-corrected chi connectivity index (χ4v) is 1.60. The Kier molecular flexibility index (Phi) is 3.66. The molecule has 0 spiro atoms. The van der Waals surface area contributed by atoms with Crippen molar-refractivity contribution in [2.24, 2.45) is 0 Å². The zero-order chi connectivity index (χ0) is 15.6. The average molecular weight is 288 g/mol. The highest BCUT2D eigenvalue weighted by molar-refractivity contribution is 5.94. The lowest BCUT2D eigenvalue weighted by atomic mass is 10.2. The van der Waals surface area contributed by atoms with E-state index < -0.39 is 11.9 Å². The lowest BCUT2D eigenvalue weighted by Gasteiger charge is -2.08. The number of anilines is 2. The summed E-state index contributed by atoms with van der Waals surface area (Å²) in [6.45, 7) is 0. The first-order chi connectivity index (χ1) is 9.88. The van der Waals surface area contributed by atoms with Gasteiger partial charge in [0.25, 0.3) is 0 Å². The number of ether oxygens (including phenoxy) is 1. The zero-order valence-electron chi connectivity index (χ0n) is 10.7. The van der Waals surface area contributed by atoms with Crippen LogP contribution in [0.4, 0.5) is 11.4 Å². The van der Waals surface area contributed by atoms with Crippen LogP contribution in [0.2, 0.25) is 0 Å². The maximum atomic E-state index is 11.9. The van der Waals surface area contributed by atoms with Crippen LogP contribution in [0.5, 0.6) is 11.5 Å². The maximum Gasteiger partial charge on any atom is 0.343 e. The van der Waals surface area contributed by atoms with Crippen LogP contribution in [0, 0.1) is 0 Å². The van der Waals surface area contributed by atoms with E-state index in [4.69, 9.17) is 21.3 Å². The predicted octanol–water partition coefficient (Wildman–Crippen LogP) is 1.47. The van der Waals surface area contributed by atoms with Crippen LogP contribution in [0.1, 0.15) is 20.7 Å². The van der Waals surface area contributed by atoms with Crippen molar-refractivity contribution in [2.45, 2.75) is 0 Å². The van der Waals surface area contributed by atoms with Crippen molar-refractivity contribution in [1.82, 2.24) is 0 Å². The molecule has 0 aromatic heterocycles. The number of rotatable bonds is 3. The first-order valence-electron chi connectivity index (χ1n) is 5.82. The molecule has 7 heteroatoms. The molecule has 0 aliphatic heterocycles. The number of benzene rings is 2. The summed E-state index contributed by atoms with van der Waals surface area (Å²) in [4.78, 5) is 22.7. The molecule has 0 unspecified atom stereocenters. The number of carbonyl (C=O) groups excluding carboxylic acids is 1. The van der Waals surface area contributed by atoms with E-state index in [1.165, 1.54) is 36.4 Å². The van der Waals surface area contributed by atoms with E-state index in [0.717, 1.165) is 0 Å². The maximum absolute atomic E-state index is 11.9. The number of nitrogens with two attached hydrogens (primary N) is 2. The van der Waals surface area contributed by atoms with Crippen molar-refractivity contribution < 1.29 is 24.5 Å². The van der Waals surface area contributed by atoms with Gasteiger partial charge in [-0.05, 0) is 36.4 Å². The normalized spacial score (nSPS) is 10.1. The second-order valence-electron chi connectivity index (χ2n) is 4.22. The Morgan fingerprint density at radius 2 is 1.62 bits per heavy atom. The molecule has 0 saturated heterocycles. The standard InChI is InChI=1S/C14H12N2O5/c15-9-3-1-8(6-11(9)17)14(20)21-12-4-2-7(13(18)19)5-10(12)16/h1-6,17H,15-16H2,(H,18,19). The van der Waals surface area contributed by atoms with E-state index in [1.54, 1.807) is 0 Å². The minimum atomic E-state index is -1.14. The largest absolute Gasteiger partial charge is 0.506 e. The van der Waals surface area contributed by atoms with Crippen LogP contribution >= 0.6 is 0 Å². The van der Waals surface area contributed by atoms with Gasteiger partial charge < -0.3 is 26.4 Å². The van der Waals surface area contributed by atoms with E-state index >= 15 is 0 Å². The van der Waals surface area contributed by atoms with Gasteiger partial charge >= 0.3 is 11.9 Å². The van der Waals surface area contributed by atoms with Gasteiger partial charge in [-0.2, -0.15) is 0 Å². The summed E-state index contributed by atoms with van der Waals surface area (Å²) in [5.74, 6) is -2.09. The number of aromatic hydroxyl groups is 1. The first kappa shape index (κ1) is 14.2. The number of phenols is 1. The van der Waals surface area contributed by atoms with Crippen molar-refractivity contribution in [3.8, 4) is 11.5 Å². The van der Waals surface area contributed by atoms with E-state index in [9.17, 15) is 14.7 Å². The molecule has 0 atom stereocenters. The van der Waals surface area contributed by atoms with Gasteiger partial charge in [0.1, 0.15) is 5.75 Å². The van der Waals surface area contributed by atoms with Crippen LogP contribution in [0.25, 0.3) is 0 Å². The number of esters is 1. The monoisotopic (exact) mass is 288 g/mol. The van der Waals surface area contributed by atoms with Crippen molar-refractivity contribution in [2.75, 3.05) is 11.5 Å². The van der Waals surface area contributed by atoms with Crippen molar-refractivity contribution in [3.05, 3.63) is 47.5 Å². The Balaban J connectivity index is 2.23. The Bertz CT molecular complexity index is 727. The number of hydrogen-bond donors (Lipinski definition) is 4. The molecule has 0 heterocycles. The van der Waals surface area contributed by atoms with Crippen LogP contribution < -0.4 is 16.2 Å². The molecular weight excluding hydrogens is 276 g/mol. The summed E-state index contributed by atoms with van der Waals surface area (Å²) in [6.07, 6.45) is 0. The second kappa shape index (κ2) is 5.41. The Labute approximate surface area is 119 Å². The summed E-state index contributed by atoms with van der Waals surface area (Å²) >= 11 is 0. The Morgan fingerprint density at radius 3 is 2.19 bits per heavy atom. The van der Waals surface area contributed by atoms with Gasteiger partial charge in [-0.15, -0.1) is 0 Å². The third kappa shape index (κ3) is 3.03. The molecule has 108 valence electrons. The molecule has 0 saturated carbocycles. The summed E-state index contributed by atoms with van der Waals surface area (Å²) < 4.78 is 5.05. The smallest absolute Gasteiger partial charge is 0.343 e. The van der Waals surface area contributed by atoms with Gasteiger partial charge in [0, 0.05) is 0 Å². The predicted molar refractivity (Wildman–Crippen MR) is 75.3 cm³/mol. The molecular formula is C14H12N2O5. The Morgan fingerprint density at radius 1 is 0.952 bits per heavy atom. The molecule has 7 nitrogen and oxygen atoms in total. The van der Waals surface area contributed by atoms with Crippen molar-refractivity contribution in [1.29, 1.82) is 0 Å². The molecule has 0 aliphatic rings. The molecule has 2 aromatic carbocycles. The second-order valence-corrected chi connectivity index (χ2v) is 4.22. The number of carboxylic acids is 1. The van der Waals surface area contributed by atoms with E-state index in [-0.39, 0.29) is 34.0 Å². The lowest BCUT2D eigenvalue weighted by molar-refractivity contribution is 0.0696. The molecule has 0 bridgehead atoms. The molecule has 21 heavy (non-hydrogen) atoms. The topological polar surface area (TPSA) is 136 Å². The highest BCUT2D eigenvalue weighted by atomic mass is 16.5.